The van der Waals surface area contributed by atoms with Crippen LogP contribution in [-0.4, -0.2) is 42.5 Å². The molecule has 1 fully saturated rings. The van der Waals surface area contributed by atoms with Gasteiger partial charge in [0.05, 0.1) is 10.0 Å². The number of rotatable bonds is 3. The van der Waals surface area contributed by atoms with Gasteiger partial charge in [0, 0.05) is 25.2 Å². The van der Waals surface area contributed by atoms with Gasteiger partial charge in [0.2, 0.25) is 0 Å². The maximum Gasteiger partial charge on any atom is 0.471 e. The van der Waals surface area contributed by atoms with Crippen LogP contribution in [0.3, 0.4) is 0 Å². The Kier molecular flexibility index (Phi) is 5.98. The highest BCUT2D eigenvalue weighted by Gasteiger charge is 2.38. The van der Waals surface area contributed by atoms with Crippen molar-refractivity contribution < 1.29 is 22.8 Å². The summed E-state index contributed by atoms with van der Waals surface area (Å²) in [6, 6.07) is 4.60. The Morgan fingerprint density at radius 1 is 1.17 bits per heavy atom. The first kappa shape index (κ1) is 18.9. The fraction of sp³-hybridized carbons (Fsp3) is 0.467. The predicted octanol–water partition coefficient (Wildman–Crippen LogP) is 3.52. The summed E-state index contributed by atoms with van der Waals surface area (Å²) in [5, 5.41) is 2.52. The highest BCUT2D eigenvalue weighted by atomic mass is 35.5. The highest BCUT2D eigenvalue weighted by Crippen LogP contribution is 2.25. The Morgan fingerprint density at radius 3 is 2.33 bits per heavy atom. The first-order chi connectivity index (χ1) is 11.2. The van der Waals surface area contributed by atoms with E-state index in [1.807, 2.05) is 5.32 Å². The Labute approximate surface area is 146 Å². The molecule has 0 aliphatic carbocycles. The molecule has 0 saturated carbocycles. The number of nitrogens with zero attached hydrogens (tertiary/aromatic N) is 1. The minimum absolute atomic E-state index is 0.0485. The molecular formula is C15H15Cl2F3N2O2. The number of alkyl halides is 3. The summed E-state index contributed by atoms with van der Waals surface area (Å²) in [5.74, 6) is -2.22. The van der Waals surface area contributed by atoms with E-state index in [9.17, 15) is 22.8 Å². The molecule has 24 heavy (non-hydrogen) atoms. The van der Waals surface area contributed by atoms with Crippen molar-refractivity contribution in [2.45, 2.75) is 19.0 Å². The van der Waals surface area contributed by atoms with Gasteiger partial charge in [0.25, 0.3) is 5.91 Å². The molecule has 1 saturated heterocycles. The second-order valence-electron chi connectivity index (χ2n) is 5.57. The third-order valence-electron chi connectivity index (χ3n) is 3.88. The molecule has 1 aliphatic rings. The average Bonchev–Trinajstić information content (AvgIpc) is 2.54. The van der Waals surface area contributed by atoms with Gasteiger partial charge in [-0.15, -0.1) is 0 Å². The fourth-order valence-electron chi connectivity index (χ4n) is 2.49. The topological polar surface area (TPSA) is 49.4 Å². The lowest BCUT2D eigenvalue weighted by molar-refractivity contribution is -0.173. The molecule has 0 bridgehead atoms. The lowest BCUT2D eigenvalue weighted by atomic mass is 9.96. The van der Waals surface area contributed by atoms with Gasteiger partial charge in [-0.25, -0.2) is 0 Å². The highest BCUT2D eigenvalue weighted by molar-refractivity contribution is 6.42. The molecule has 1 aromatic carbocycles. The normalized spacial score (nSPS) is 16.1. The molecule has 1 aromatic rings. The van der Waals surface area contributed by atoms with Gasteiger partial charge < -0.3 is 10.2 Å². The maximum atomic E-state index is 12.4. The Morgan fingerprint density at radius 2 is 1.79 bits per heavy atom. The van der Waals surface area contributed by atoms with E-state index < -0.39 is 12.1 Å². The second-order valence-corrected chi connectivity index (χ2v) is 6.39. The molecule has 2 rings (SSSR count). The number of hydrogen-bond acceptors (Lipinski definition) is 2. The molecule has 9 heteroatoms. The lowest BCUT2D eigenvalue weighted by Gasteiger charge is -2.32. The van der Waals surface area contributed by atoms with Crippen molar-refractivity contribution in [1.82, 2.24) is 10.2 Å². The molecule has 0 aromatic heterocycles. The summed E-state index contributed by atoms with van der Waals surface area (Å²) in [7, 11) is 0. The van der Waals surface area contributed by atoms with E-state index in [0.29, 0.717) is 36.5 Å². The summed E-state index contributed by atoms with van der Waals surface area (Å²) < 4.78 is 36.4. The van der Waals surface area contributed by atoms with Gasteiger partial charge in [0.15, 0.2) is 0 Å². The van der Waals surface area contributed by atoms with Crippen molar-refractivity contribution in [2.24, 2.45) is 5.92 Å². The van der Waals surface area contributed by atoms with Crippen molar-refractivity contribution in [3.63, 3.8) is 0 Å². The molecule has 0 radical (unpaired) electrons. The number of piperidine rings is 1. The van der Waals surface area contributed by atoms with Gasteiger partial charge in [0.1, 0.15) is 0 Å². The van der Waals surface area contributed by atoms with Gasteiger partial charge in [-0.3, -0.25) is 9.59 Å². The van der Waals surface area contributed by atoms with Gasteiger partial charge in [-0.2, -0.15) is 13.2 Å². The number of amides is 2. The number of nitrogens with one attached hydrogen (secondary N) is 1. The van der Waals surface area contributed by atoms with Crippen LogP contribution in [0.4, 0.5) is 13.2 Å². The van der Waals surface area contributed by atoms with Crippen molar-refractivity contribution in [2.75, 3.05) is 19.6 Å². The summed E-state index contributed by atoms with van der Waals surface area (Å²) >= 11 is 11.7. The molecule has 1 heterocycles. The van der Waals surface area contributed by atoms with E-state index in [0.717, 1.165) is 0 Å². The molecule has 1 aliphatic heterocycles. The van der Waals surface area contributed by atoms with E-state index in [4.69, 9.17) is 23.2 Å². The van der Waals surface area contributed by atoms with Crippen LogP contribution in [0.5, 0.6) is 0 Å². The Hall–Kier alpha value is -1.47. The number of likely N-dealkylation sites (tertiary alicyclic amines) is 1. The first-order valence-electron chi connectivity index (χ1n) is 7.28. The zero-order chi connectivity index (χ0) is 17.9. The maximum absolute atomic E-state index is 12.4. The summed E-state index contributed by atoms with van der Waals surface area (Å²) in [5.41, 5.74) is 0.410. The summed E-state index contributed by atoms with van der Waals surface area (Å²) in [6.07, 6.45) is -3.83. The predicted molar refractivity (Wildman–Crippen MR) is 84.2 cm³/mol. The third-order valence-corrected chi connectivity index (χ3v) is 4.62. The molecule has 0 unspecified atom stereocenters. The number of benzene rings is 1. The van der Waals surface area contributed by atoms with Crippen LogP contribution in [0.2, 0.25) is 10.0 Å². The van der Waals surface area contributed by atoms with E-state index in [1.165, 1.54) is 12.1 Å². The van der Waals surface area contributed by atoms with E-state index >= 15 is 0 Å². The largest absolute Gasteiger partial charge is 0.471 e. The van der Waals surface area contributed by atoms with Crippen molar-refractivity contribution >= 4 is 35.0 Å². The SMILES string of the molecule is O=C(c1ccc(Cl)c(Cl)c1)N1CCC(CNC(=O)C(F)(F)F)CC1. The van der Waals surface area contributed by atoms with Gasteiger partial charge in [-0.05, 0) is 37.0 Å². The molecule has 0 atom stereocenters. The quantitative estimate of drug-likeness (QED) is 0.869. The van der Waals surface area contributed by atoms with Crippen LogP contribution in [0.1, 0.15) is 23.2 Å². The summed E-state index contributed by atoms with van der Waals surface area (Å²) in [4.78, 5) is 24.8. The van der Waals surface area contributed by atoms with Crippen LogP contribution >= 0.6 is 23.2 Å². The lowest BCUT2D eigenvalue weighted by Crippen LogP contribution is -2.44. The minimum Gasteiger partial charge on any atom is -0.348 e. The molecule has 0 spiro atoms. The molecule has 2 amide bonds. The zero-order valence-corrected chi connectivity index (χ0v) is 14.0. The Bertz CT molecular complexity index is 630. The van der Waals surface area contributed by atoms with Crippen LogP contribution in [-0.2, 0) is 4.79 Å². The van der Waals surface area contributed by atoms with Gasteiger partial charge >= 0.3 is 12.1 Å². The monoisotopic (exact) mass is 382 g/mol. The molecule has 4 nitrogen and oxygen atoms in total. The smallest absolute Gasteiger partial charge is 0.348 e. The minimum atomic E-state index is -4.87. The number of carbonyl (C=O) groups is 2. The molecular weight excluding hydrogens is 368 g/mol. The second kappa shape index (κ2) is 7.61. The standard InChI is InChI=1S/C15H15Cl2F3N2O2/c16-11-2-1-10(7-12(11)17)13(23)22-5-3-9(4-6-22)8-21-14(24)15(18,19)20/h1-2,7,9H,3-6,8H2,(H,21,24). The van der Waals surface area contributed by atoms with Crippen LogP contribution in [0.15, 0.2) is 18.2 Å². The third kappa shape index (κ3) is 4.77. The summed E-state index contributed by atoms with van der Waals surface area (Å²) in [6.45, 7) is 0.768. The first-order valence-corrected chi connectivity index (χ1v) is 8.03. The van der Waals surface area contributed by atoms with Crippen molar-refractivity contribution in [3.8, 4) is 0 Å². The van der Waals surface area contributed by atoms with E-state index in [2.05, 4.69) is 0 Å². The average molecular weight is 383 g/mol. The zero-order valence-electron chi connectivity index (χ0n) is 12.5. The fourth-order valence-corrected chi connectivity index (χ4v) is 2.79. The Balaban J connectivity index is 1.85. The van der Waals surface area contributed by atoms with Crippen LogP contribution in [0, 0.1) is 5.92 Å². The molecule has 1 N–H and O–H groups in total. The van der Waals surface area contributed by atoms with Crippen molar-refractivity contribution in [1.29, 1.82) is 0 Å². The van der Waals surface area contributed by atoms with Crippen LogP contribution < -0.4 is 5.32 Å². The van der Waals surface area contributed by atoms with Crippen molar-refractivity contribution in [3.05, 3.63) is 33.8 Å². The van der Waals surface area contributed by atoms with E-state index in [-0.39, 0.29) is 23.4 Å². The molecule has 132 valence electrons. The number of carbonyl (C=O) groups excluding carboxylic acids is 2. The number of hydrogen-bond donors (Lipinski definition) is 1. The van der Waals surface area contributed by atoms with Crippen LogP contribution in [0.25, 0.3) is 0 Å². The van der Waals surface area contributed by atoms with Gasteiger partial charge in [-0.1, -0.05) is 23.2 Å². The van der Waals surface area contributed by atoms with E-state index in [1.54, 1.807) is 11.0 Å². The number of halogens is 5.